The molecule has 3 nitrogen and oxygen atoms in total. The van der Waals surface area contributed by atoms with Gasteiger partial charge in [0.25, 0.3) is 0 Å². The van der Waals surface area contributed by atoms with E-state index in [1.54, 1.807) is 0 Å². The topological polar surface area (TPSA) is 56.4 Å². The molecule has 0 saturated heterocycles. The van der Waals surface area contributed by atoms with Crippen LogP contribution in [0.15, 0.2) is 57.2 Å². The SMILES string of the molecule is Cc1ccc(C(C#N)=C2C=C(Cl)C(=NO)C=C2Cl)cc1. The van der Waals surface area contributed by atoms with E-state index in [4.69, 9.17) is 28.4 Å². The third kappa shape index (κ3) is 2.77. The number of halogens is 2. The highest BCUT2D eigenvalue weighted by Gasteiger charge is 2.18. The molecule has 1 aliphatic rings. The lowest BCUT2D eigenvalue weighted by atomic mass is 9.96. The Morgan fingerprint density at radius 2 is 1.80 bits per heavy atom. The highest BCUT2D eigenvalue weighted by molar-refractivity contribution is 6.48. The van der Waals surface area contributed by atoms with Gasteiger partial charge >= 0.3 is 0 Å². The van der Waals surface area contributed by atoms with Crippen LogP contribution < -0.4 is 0 Å². The largest absolute Gasteiger partial charge is 0.410 e. The summed E-state index contributed by atoms with van der Waals surface area (Å²) in [5.41, 5.74) is 2.95. The first-order valence-corrected chi connectivity index (χ1v) is 6.51. The van der Waals surface area contributed by atoms with Gasteiger partial charge in [-0.25, -0.2) is 0 Å². The quantitative estimate of drug-likeness (QED) is 0.476. The molecule has 0 aromatic heterocycles. The maximum Gasteiger partial charge on any atom is 0.122 e. The van der Waals surface area contributed by atoms with Crippen LogP contribution in [0.3, 0.4) is 0 Å². The average molecular weight is 305 g/mol. The third-order valence-corrected chi connectivity index (χ3v) is 3.48. The minimum atomic E-state index is 0.168. The third-order valence-electron chi connectivity index (χ3n) is 2.87. The van der Waals surface area contributed by atoms with E-state index in [0.29, 0.717) is 16.2 Å². The number of oxime groups is 1. The van der Waals surface area contributed by atoms with Crippen molar-refractivity contribution in [3.63, 3.8) is 0 Å². The second-order valence-corrected chi connectivity index (χ2v) is 5.05. The number of nitrogens with zero attached hydrogens (tertiary/aromatic N) is 2. The molecule has 0 unspecified atom stereocenters. The average Bonchev–Trinajstić information content (AvgIpc) is 2.45. The molecule has 0 bridgehead atoms. The highest BCUT2D eigenvalue weighted by Crippen LogP contribution is 2.32. The fourth-order valence-electron chi connectivity index (χ4n) is 1.81. The van der Waals surface area contributed by atoms with Gasteiger partial charge in [0, 0.05) is 5.57 Å². The van der Waals surface area contributed by atoms with Crippen molar-refractivity contribution in [2.75, 3.05) is 0 Å². The highest BCUT2D eigenvalue weighted by atomic mass is 35.5. The normalized spacial score (nSPS) is 19.2. The molecule has 0 atom stereocenters. The number of rotatable bonds is 1. The second-order valence-electron chi connectivity index (χ2n) is 4.24. The summed E-state index contributed by atoms with van der Waals surface area (Å²) in [4.78, 5) is 0. The molecule has 2 rings (SSSR count). The first-order chi connectivity index (χ1) is 9.56. The zero-order valence-electron chi connectivity index (χ0n) is 10.6. The maximum atomic E-state index is 9.38. The van der Waals surface area contributed by atoms with Gasteiger partial charge in [-0.3, -0.25) is 0 Å². The van der Waals surface area contributed by atoms with E-state index >= 15 is 0 Å². The van der Waals surface area contributed by atoms with Crippen LogP contribution in [0.1, 0.15) is 11.1 Å². The first kappa shape index (κ1) is 14.4. The summed E-state index contributed by atoms with van der Waals surface area (Å²) in [6.45, 7) is 1.97. The van der Waals surface area contributed by atoms with Gasteiger partial charge in [0.05, 0.1) is 15.6 Å². The molecule has 100 valence electrons. The molecule has 0 fully saturated rings. The summed E-state index contributed by atoms with van der Waals surface area (Å²) >= 11 is 12.1. The molecular formula is C15H10Cl2N2O. The number of allylic oxidation sites excluding steroid dienone is 6. The van der Waals surface area contributed by atoms with Crippen LogP contribution in [0.4, 0.5) is 0 Å². The van der Waals surface area contributed by atoms with Crippen molar-refractivity contribution in [2.24, 2.45) is 5.16 Å². The molecule has 0 amide bonds. The van der Waals surface area contributed by atoms with Crippen LogP contribution in [-0.2, 0) is 0 Å². The van der Waals surface area contributed by atoms with E-state index in [1.165, 1.54) is 12.2 Å². The van der Waals surface area contributed by atoms with Gasteiger partial charge in [0.1, 0.15) is 11.8 Å². The molecule has 5 heteroatoms. The number of hydrogen-bond acceptors (Lipinski definition) is 3. The van der Waals surface area contributed by atoms with Crippen LogP contribution in [0.25, 0.3) is 5.57 Å². The minimum absolute atomic E-state index is 0.168. The predicted octanol–water partition coefficient (Wildman–Crippen LogP) is 4.36. The van der Waals surface area contributed by atoms with Crippen LogP contribution in [0.5, 0.6) is 0 Å². The molecule has 1 aliphatic carbocycles. The molecular weight excluding hydrogens is 295 g/mol. The van der Waals surface area contributed by atoms with E-state index in [1.807, 2.05) is 31.2 Å². The standard InChI is InChI=1S/C15H10Cl2N2O/c1-9-2-4-10(5-3-9)12(8-18)11-6-14(17)15(19-20)7-13(11)16/h2-7,20H,1H3. The summed E-state index contributed by atoms with van der Waals surface area (Å²) in [6, 6.07) is 9.67. The summed E-state index contributed by atoms with van der Waals surface area (Å²) in [7, 11) is 0. The Balaban J connectivity index is 2.61. The van der Waals surface area contributed by atoms with Crippen molar-refractivity contribution >= 4 is 34.5 Å². The minimum Gasteiger partial charge on any atom is -0.410 e. The lowest BCUT2D eigenvalue weighted by Crippen LogP contribution is -2.03. The second kappa shape index (κ2) is 5.96. The molecule has 0 spiro atoms. The molecule has 0 aliphatic heterocycles. The summed E-state index contributed by atoms with van der Waals surface area (Å²) in [6.07, 6.45) is 2.95. The lowest BCUT2D eigenvalue weighted by molar-refractivity contribution is 0.320. The number of hydrogen-bond donors (Lipinski definition) is 1. The molecule has 1 aromatic rings. The number of nitriles is 1. The molecule has 0 saturated carbocycles. The van der Waals surface area contributed by atoms with Gasteiger partial charge in [0.2, 0.25) is 0 Å². The zero-order valence-corrected chi connectivity index (χ0v) is 12.1. The Morgan fingerprint density at radius 1 is 1.15 bits per heavy atom. The lowest BCUT2D eigenvalue weighted by Gasteiger charge is -2.12. The Kier molecular flexibility index (Phi) is 4.29. The fraction of sp³-hybridized carbons (Fsp3) is 0.0667. The summed E-state index contributed by atoms with van der Waals surface area (Å²) < 4.78 is 0. The van der Waals surface area contributed by atoms with Crippen LogP contribution in [0.2, 0.25) is 0 Å². The van der Waals surface area contributed by atoms with Gasteiger partial charge in [-0.05, 0) is 24.6 Å². The monoisotopic (exact) mass is 304 g/mol. The van der Waals surface area contributed by atoms with Gasteiger partial charge < -0.3 is 5.21 Å². The van der Waals surface area contributed by atoms with Crippen LogP contribution >= 0.6 is 23.2 Å². The Bertz CT molecular complexity index is 704. The fourth-order valence-corrected chi connectivity index (χ4v) is 2.26. The zero-order chi connectivity index (χ0) is 14.7. The maximum absolute atomic E-state index is 9.38. The number of aryl methyl sites for hydroxylation is 1. The van der Waals surface area contributed by atoms with Crippen molar-refractivity contribution < 1.29 is 5.21 Å². The first-order valence-electron chi connectivity index (χ1n) is 5.75. The van der Waals surface area contributed by atoms with Gasteiger partial charge in [-0.2, -0.15) is 5.26 Å². The van der Waals surface area contributed by atoms with E-state index in [0.717, 1.165) is 11.1 Å². The van der Waals surface area contributed by atoms with Crippen molar-refractivity contribution in [1.29, 1.82) is 5.26 Å². The van der Waals surface area contributed by atoms with Crippen LogP contribution in [-0.4, -0.2) is 10.9 Å². The molecule has 1 N–H and O–H groups in total. The Labute approximate surface area is 126 Å². The van der Waals surface area contributed by atoms with Crippen LogP contribution in [0, 0.1) is 18.3 Å². The Morgan fingerprint density at radius 3 is 2.35 bits per heavy atom. The van der Waals surface area contributed by atoms with E-state index in [9.17, 15) is 5.26 Å². The van der Waals surface area contributed by atoms with E-state index in [2.05, 4.69) is 11.2 Å². The summed E-state index contributed by atoms with van der Waals surface area (Å²) in [5, 5.41) is 21.7. The van der Waals surface area contributed by atoms with Gasteiger partial charge in [-0.15, -0.1) is 0 Å². The molecule has 20 heavy (non-hydrogen) atoms. The van der Waals surface area contributed by atoms with Crippen molar-refractivity contribution in [3.8, 4) is 6.07 Å². The van der Waals surface area contributed by atoms with Gasteiger partial charge in [-0.1, -0.05) is 58.2 Å². The molecule has 1 aromatic carbocycles. The Hall–Kier alpha value is -2.02. The summed E-state index contributed by atoms with van der Waals surface area (Å²) in [5.74, 6) is 0. The number of benzene rings is 1. The smallest absolute Gasteiger partial charge is 0.122 e. The molecule has 0 radical (unpaired) electrons. The van der Waals surface area contributed by atoms with E-state index < -0.39 is 0 Å². The molecule has 0 heterocycles. The van der Waals surface area contributed by atoms with Gasteiger partial charge in [0.15, 0.2) is 0 Å². The predicted molar refractivity (Wildman–Crippen MR) is 80.8 cm³/mol. The van der Waals surface area contributed by atoms with Crippen molar-refractivity contribution in [2.45, 2.75) is 6.92 Å². The van der Waals surface area contributed by atoms with Crippen molar-refractivity contribution in [1.82, 2.24) is 0 Å². The van der Waals surface area contributed by atoms with E-state index in [-0.39, 0.29) is 10.7 Å². The van der Waals surface area contributed by atoms with Crippen molar-refractivity contribution in [3.05, 3.63) is 63.2 Å².